The normalized spacial score (nSPS) is 10.2. The first-order chi connectivity index (χ1) is 6.24. The molecular weight excluding hydrogens is 168 g/mol. The molecule has 13 heavy (non-hydrogen) atoms. The lowest BCUT2D eigenvalue weighted by atomic mass is 10.2. The highest BCUT2D eigenvalue weighted by atomic mass is 16.3. The molecule has 0 unspecified atom stereocenters. The fraction of sp³-hybridized carbons (Fsp3) is 0.333. The van der Waals surface area contributed by atoms with Gasteiger partial charge < -0.3 is 21.3 Å². The molecule has 0 aliphatic heterocycles. The first kappa shape index (κ1) is 9.83. The van der Waals surface area contributed by atoms with Crippen molar-refractivity contribution in [1.29, 1.82) is 0 Å². The Morgan fingerprint density at radius 2 is 2.15 bits per heavy atom. The van der Waals surface area contributed by atoms with Crippen molar-refractivity contribution in [2.24, 2.45) is 0 Å². The number of benzene rings is 1. The highest BCUT2D eigenvalue weighted by Gasteiger charge is 1.99. The van der Waals surface area contributed by atoms with Crippen molar-refractivity contribution in [2.75, 3.05) is 18.9 Å². The highest BCUT2D eigenvalue weighted by molar-refractivity contribution is 5.47. The number of aliphatic hydroxyl groups is 1. The van der Waals surface area contributed by atoms with E-state index in [4.69, 9.17) is 10.8 Å². The molecule has 0 atom stereocenters. The summed E-state index contributed by atoms with van der Waals surface area (Å²) >= 11 is 0. The minimum absolute atomic E-state index is 0.0864. The number of hydrogen-bond acceptors (Lipinski definition) is 4. The number of rotatable bonds is 4. The molecule has 1 aromatic rings. The molecule has 0 aromatic heterocycles. The Kier molecular flexibility index (Phi) is 3.54. The Bertz CT molecular complexity index is 276. The number of nitrogen functional groups attached to an aromatic ring is 1. The van der Waals surface area contributed by atoms with Crippen LogP contribution in [0.4, 0.5) is 5.69 Å². The summed E-state index contributed by atoms with van der Waals surface area (Å²) in [5, 5.41) is 20.8. The second-order valence-corrected chi connectivity index (χ2v) is 2.79. The summed E-state index contributed by atoms with van der Waals surface area (Å²) in [5.74, 6) is 0.222. The summed E-state index contributed by atoms with van der Waals surface area (Å²) in [6, 6.07) is 4.91. The Hall–Kier alpha value is -1.26. The zero-order valence-electron chi connectivity index (χ0n) is 7.33. The van der Waals surface area contributed by atoms with Crippen molar-refractivity contribution in [3.8, 4) is 5.75 Å². The molecule has 0 radical (unpaired) electrons. The van der Waals surface area contributed by atoms with Gasteiger partial charge in [-0.15, -0.1) is 0 Å². The quantitative estimate of drug-likeness (QED) is 0.301. The lowest BCUT2D eigenvalue weighted by Gasteiger charge is -2.06. The molecule has 0 heterocycles. The standard InChI is InChI=1S/C9H14N2O2/c10-8-1-2-9(13)7(5-8)6-11-3-4-12/h1-2,5,11-13H,3-4,6,10H2. The van der Waals surface area contributed by atoms with Crippen LogP contribution in [-0.4, -0.2) is 23.4 Å². The topological polar surface area (TPSA) is 78.5 Å². The number of nitrogens with two attached hydrogens (primary N) is 1. The smallest absolute Gasteiger partial charge is 0.120 e. The molecule has 5 N–H and O–H groups in total. The van der Waals surface area contributed by atoms with Gasteiger partial charge in [0.25, 0.3) is 0 Å². The van der Waals surface area contributed by atoms with Gasteiger partial charge in [0, 0.05) is 24.3 Å². The van der Waals surface area contributed by atoms with Gasteiger partial charge in [0.2, 0.25) is 0 Å². The van der Waals surface area contributed by atoms with E-state index in [1.54, 1.807) is 18.2 Å². The van der Waals surface area contributed by atoms with Crippen molar-refractivity contribution >= 4 is 5.69 Å². The average Bonchev–Trinajstić information content (AvgIpc) is 2.11. The van der Waals surface area contributed by atoms with E-state index in [-0.39, 0.29) is 12.4 Å². The second kappa shape index (κ2) is 4.69. The highest BCUT2D eigenvalue weighted by Crippen LogP contribution is 2.18. The molecular formula is C9H14N2O2. The summed E-state index contributed by atoms with van der Waals surface area (Å²) in [6.45, 7) is 1.11. The van der Waals surface area contributed by atoms with Crippen LogP contribution < -0.4 is 11.1 Å². The van der Waals surface area contributed by atoms with Gasteiger partial charge >= 0.3 is 0 Å². The second-order valence-electron chi connectivity index (χ2n) is 2.79. The lowest BCUT2D eigenvalue weighted by molar-refractivity contribution is 0.291. The summed E-state index contributed by atoms with van der Waals surface area (Å²) in [5.41, 5.74) is 6.91. The molecule has 0 fully saturated rings. The van der Waals surface area contributed by atoms with Gasteiger partial charge in [-0.2, -0.15) is 0 Å². The number of anilines is 1. The number of aromatic hydroxyl groups is 1. The third-order valence-corrected chi connectivity index (χ3v) is 1.71. The van der Waals surface area contributed by atoms with E-state index in [1.807, 2.05) is 0 Å². The summed E-state index contributed by atoms with van der Waals surface area (Å²) < 4.78 is 0. The average molecular weight is 182 g/mol. The molecule has 0 amide bonds. The van der Waals surface area contributed by atoms with E-state index in [0.29, 0.717) is 18.8 Å². The van der Waals surface area contributed by atoms with Crippen LogP contribution in [0, 0.1) is 0 Å². The molecule has 1 aromatic carbocycles. The van der Waals surface area contributed by atoms with Crippen LogP contribution in [0.1, 0.15) is 5.56 Å². The zero-order valence-corrected chi connectivity index (χ0v) is 7.33. The third kappa shape index (κ3) is 2.93. The molecule has 0 spiro atoms. The van der Waals surface area contributed by atoms with E-state index < -0.39 is 0 Å². The SMILES string of the molecule is Nc1ccc(O)c(CNCCO)c1. The van der Waals surface area contributed by atoms with Gasteiger partial charge in [0.1, 0.15) is 5.75 Å². The molecule has 0 bridgehead atoms. The van der Waals surface area contributed by atoms with E-state index in [2.05, 4.69) is 5.32 Å². The number of aliphatic hydroxyl groups excluding tert-OH is 1. The van der Waals surface area contributed by atoms with Gasteiger partial charge in [0.05, 0.1) is 6.61 Å². The van der Waals surface area contributed by atoms with Gasteiger partial charge in [-0.25, -0.2) is 0 Å². The lowest BCUT2D eigenvalue weighted by Crippen LogP contribution is -2.17. The van der Waals surface area contributed by atoms with Gasteiger partial charge in [-0.1, -0.05) is 0 Å². The number of phenols is 1. The van der Waals surface area contributed by atoms with Crippen molar-refractivity contribution in [3.05, 3.63) is 23.8 Å². The van der Waals surface area contributed by atoms with Crippen LogP contribution in [0.25, 0.3) is 0 Å². The maximum Gasteiger partial charge on any atom is 0.120 e. The largest absolute Gasteiger partial charge is 0.508 e. The van der Waals surface area contributed by atoms with Crippen molar-refractivity contribution < 1.29 is 10.2 Å². The molecule has 0 saturated heterocycles. The van der Waals surface area contributed by atoms with Crippen molar-refractivity contribution in [1.82, 2.24) is 5.32 Å². The molecule has 4 nitrogen and oxygen atoms in total. The predicted octanol–water partition coefficient (Wildman–Crippen LogP) is 0.0563. The zero-order chi connectivity index (χ0) is 9.68. The van der Waals surface area contributed by atoms with Crippen LogP contribution in [0.15, 0.2) is 18.2 Å². The fourth-order valence-electron chi connectivity index (χ4n) is 1.05. The minimum Gasteiger partial charge on any atom is -0.508 e. The Morgan fingerprint density at radius 3 is 2.85 bits per heavy atom. The summed E-state index contributed by atoms with van der Waals surface area (Å²) in [7, 11) is 0. The first-order valence-electron chi connectivity index (χ1n) is 4.13. The van der Waals surface area contributed by atoms with E-state index in [9.17, 15) is 5.11 Å². The molecule has 0 aliphatic rings. The first-order valence-corrected chi connectivity index (χ1v) is 4.13. The summed E-state index contributed by atoms with van der Waals surface area (Å²) in [4.78, 5) is 0. The van der Waals surface area contributed by atoms with E-state index in [0.717, 1.165) is 5.56 Å². The number of phenolic OH excluding ortho intramolecular Hbond substituents is 1. The van der Waals surface area contributed by atoms with Crippen LogP contribution >= 0.6 is 0 Å². The van der Waals surface area contributed by atoms with E-state index in [1.165, 1.54) is 0 Å². The molecule has 1 rings (SSSR count). The fourth-order valence-corrected chi connectivity index (χ4v) is 1.05. The molecule has 0 aliphatic carbocycles. The van der Waals surface area contributed by atoms with E-state index >= 15 is 0 Å². The van der Waals surface area contributed by atoms with Gasteiger partial charge in [-0.3, -0.25) is 0 Å². The minimum atomic E-state index is 0.0864. The van der Waals surface area contributed by atoms with Crippen LogP contribution in [0.5, 0.6) is 5.75 Å². The molecule has 4 heteroatoms. The maximum absolute atomic E-state index is 9.38. The molecule has 0 saturated carbocycles. The van der Waals surface area contributed by atoms with Crippen molar-refractivity contribution in [2.45, 2.75) is 6.54 Å². The van der Waals surface area contributed by atoms with Gasteiger partial charge in [-0.05, 0) is 18.2 Å². The van der Waals surface area contributed by atoms with Crippen LogP contribution in [-0.2, 0) is 6.54 Å². The molecule has 72 valence electrons. The monoisotopic (exact) mass is 182 g/mol. The van der Waals surface area contributed by atoms with Crippen molar-refractivity contribution in [3.63, 3.8) is 0 Å². The third-order valence-electron chi connectivity index (χ3n) is 1.71. The Labute approximate surface area is 77.0 Å². The Morgan fingerprint density at radius 1 is 1.38 bits per heavy atom. The van der Waals surface area contributed by atoms with Crippen LogP contribution in [0.2, 0.25) is 0 Å². The number of hydrogen-bond donors (Lipinski definition) is 4. The summed E-state index contributed by atoms with van der Waals surface area (Å²) in [6.07, 6.45) is 0. The van der Waals surface area contributed by atoms with Crippen LogP contribution in [0.3, 0.4) is 0 Å². The Balaban J connectivity index is 2.59. The predicted molar refractivity (Wildman–Crippen MR) is 51.3 cm³/mol. The number of nitrogens with one attached hydrogen (secondary N) is 1. The maximum atomic E-state index is 9.38. The van der Waals surface area contributed by atoms with Gasteiger partial charge in [0.15, 0.2) is 0 Å².